The molecule has 0 radical (unpaired) electrons. The van der Waals surface area contributed by atoms with Gasteiger partial charge in [0, 0.05) is 18.0 Å². The van der Waals surface area contributed by atoms with E-state index in [0.717, 1.165) is 5.56 Å². The normalized spacial score (nSPS) is 11.2. The molecule has 0 unspecified atom stereocenters. The number of halogens is 1. The maximum atomic E-state index is 11.8. The lowest BCUT2D eigenvalue weighted by Gasteiger charge is -2.03. The minimum Gasteiger partial charge on any atom is -0.380 e. The monoisotopic (exact) mass is 289 g/mol. The summed E-state index contributed by atoms with van der Waals surface area (Å²) < 4.78 is 0. The number of aryl methyl sites for hydroxylation is 1. The third kappa shape index (κ3) is 3.33. The minimum atomic E-state index is -0.665. The van der Waals surface area contributed by atoms with E-state index in [1.165, 1.54) is 6.20 Å². The molecule has 1 aromatic heterocycles. The Morgan fingerprint density at radius 2 is 2.20 bits per heavy atom. The van der Waals surface area contributed by atoms with Gasteiger partial charge in [-0.1, -0.05) is 22.8 Å². The maximum Gasteiger partial charge on any atom is 0.367 e. The number of nitrogens with zero attached hydrogens (tertiary/aromatic N) is 2. The molecule has 2 rings (SSSR count). The van der Waals surface area contributed by atoms with Gasteiger partial charge in [-0.2, -0.15) is 0 Å². The largest absolute Gasteiger partial charge is 0.380 e. The lowest BCUT2D eigenvalue weighted by atomic mass is 10.1. The van der Waals surface area contributed by atoms with Crippen LogP contribution in [0.3, 0.4) is 0 Å². The summed E-state index contributed by atoms with van der Waals surface area (Å²) >= 11 is 5.97. The lowest BCUT2D eigenvalue weighted by Crippen LogP contribution is -2.15. The molecule has 2 aromatic rings. The number of nitrogens with two attached hydrogens (primary N) is 1. The summed E-state index contributed by atoms with van der Waals surface area (Å²) in [6.45, 7) is 1.87. The van der Waals surface area contributed by atoms with Crippen molar-refractivity contribution in [2.45, 2.75) is 6.92 Å². The Kier molecular flexibility index (Phi) is 4.32. The second kappa shape index (κ2) is 6.16. The van der Waals surface area contributed by atoms with E-state index in [4.69, 9.17) is 22.2 Å². The van der Waals surface area contributed by atoms with Gasteiger partial charge >= 0.3 is 5.97 Å². The summed E-state index contributed by atoms with van der Waals surface area (Å²) in [4.78, 5) is 20.5. The number of hydrogen-bond acceptors (Lipinski definition) is 4. The zero-order valence-electron chi connectivity index (χ0n) is 10.7. The fourth-order valence-electron chi connectivity index (χ4n) is 1.49. The van der Waals surface area contributed by atoms with Crippen molar-refractivity contribution in [2.24, 2.45) is 10.9 Å². The number of aromatic nitrogens is 1. The first-order chi connectivity index (χ1) is 9.58. The van der Waals surface area contributed by atoms with Crippen molar-refractivity contribution in [3.63, 3.8) is 0 Å². The second-order valence-electron chi connectivity index (χ2n) is 4.08. The van der Waals surface area contributed by atoms with Crippen molar-refractivity contribution in [3.8, 4) is 0 Å². The average Bonchev–Trinajstić information content (AvgIpc) is 2.45. The highest BCUT2D eigenvalue weighted by Gasteiger charge is 2.12. The number of benzene rings is 1. The van der Waals surface area contributed by atoms with Crippen LogP contribution in [0.4, 0.5) is 0 Å². The molecular formula is C14H12ClN3O2. The molecule has 6 heteroatoms. The third-order valence-electron chi connectivity index (χ3n) is 2.53. The predicted octanol–water partition coefficient (Wildman–Crippen LogP) is 2.52. The predicted molar refractivity (Wildman–Crippen MR) is 76.6 cm³/mol. The lowest BCUT2D eigenvalue weighted by molar-refractivity contribution is 0.0516. The summed E-state index contributed by atoms with van der Waals surface area (Å²) in [6.07, 6.45) is 3.13. The van der Waals surface area contributed by atoms with Crippen LogP contribution in [0.1, 0.15) is 21.5 Å². The van der Waals surface area contributed by atoms with E-state index in [1.54, 1.807) is 36.5 Å². The van der Waals surface area contributed by atoms with Gasteiger partial charge in [0.1, 0.15) is 0 Å². The van der Waals surface area contributed by atoms with Gasteiger partial charge < -0.3 is 10.6 Å². The highest BCUT2D eigenvalue weighted by molar-refractivity contribution is 6.33. The Balaban J connectivity index is 2.12. The quantitative estimate of drug-likeness (QED) is 0.408. The Labute approximate surface area is 121 Å². The molecule has 0 amide bonds. The van der Waals surface area contributed by atoms with Crippen LogP contribution in [0.15, 0.2) is 47.9 Å². The molecule has 1 heterocycles. The van der Waals surface area contributed by atoms with Crippen LogP contribution in [0.25, 0.3) is 0 Å². The molecule has 5 nitrogen and oxygen atoms in total. The summed E-state index contributed by atoms with van der Waals surface area (Å²) in [5.74, 6) is -0.600. The summed E-state index contributed by atoms with van der Waals surface area (Å²) in [5, 5.41) is 3.89. The van der Waals surface area contributed by atoms with Crippen molar-refractivity contribution in [2.75, 3.05) is 0 Å². The average molecular weight is 290 g/mol. The van der Waals surface area contributed by atoms with Crippen molar-refractivity contribution in [1.82, 2.24) is 4.98 Å². The fraction of sp³-hybridized carbons (Fsp3) is 0.0714. The number of hydrogen-bond donors (Lipinski definition) is 1. The Bertz CT molecular complexity index is 657. The smallest absolute Gasteiger partial charge is 0.367 e. The molecular weight excluding hydrogens is 278 g/mol. The highest BCUT2D eigenvalue weighted by atomic mass is 35.5. The van der Waals surface area contributed by atoms with Crippen LogP contribution in [0, 0.1) is 6.92 Å². The first-order valence-electron chi connectivity index (χ1n) is 5.79. The van der Waals surface area contributed by atoms with Crippen molar-refractivity contribution >= 4 is 23.4 Å². The van der Waals surface area contributed by atoms with Gasteiger partial charge in [-0.25, -0.2) is 4.79 Å². The van der Waals surface area contributed by atoms with Gasteiger partial charge in [-0.15, -0.1) is 0 Å². The molecule has 0 bridgehead atoms. The molecule has 0 saturated heterocycles. The number of rotatable bonds is 3. The van der Waals surface area contributed by atoms with Crippen LogP contribution < -0.4 is 5.73 Å². The van der Waals surface area contributed by atoms with Gasteiger partial charge in [-0.3, -0.25) is 4.98 Å². The van der Waals surface area contributed by atoms with Crippen molar-refractivity contribution < 1.29 is 9.63 Å². The molecule has 2 N–H and O–H groups in total. The van der Waals surface area contributed by atoms with Crippen LogP contribution in [0.2, 0.25) is 5.02 Å². The first kappa shape index (κ1) is 14.0. The Morgan fingerprint density at radius 1 is 1.40 bits per heavy atom. The second-order valence-corrected chi connectivity index (χ2v) is 4.49. The number of carbonyl (C=O) groups is 1. The summed E-state index contributed by atoms with van der Waals surface area (Å²) in [6, 6.07) is 8.42. The van der Waals surface area contributed by atoms with E-state index in [2.05, 4.69) is 10.1 Å². The van der Waals surface area contributed by atoms with Crippen LogP contribution in [0.5, 0.6) is 0 Å². The van der Waals surface area contributed by atoms with Crippen LogP contribution >= 0.6 is 11.6 Å². The topological polar surface area (TPSA) is 77.6 Å². The summed E-state index contributed by atoms with van der Waals surface area (Å²) in [7, 11) is 0. The van der Waals surface area contributed by atoms with Crippen molar-refractivity contribution in [3.05, 3.63) is 64.4 Å². The Morgan fingerprint density at radius 3 is 2.85 bits per heavy atom. The number of amidine groups is 1. The van der Waals surface area contributed by atoms with E-state index in [1.807, 2.05) is 6.92 Å². The highest BCUT2D eigenvalue weighted by Crippen LogP contribution is 2.18. The zero-order chi connectivity index (χ0) is 14.5. The van der Waals surface area contributed by atoms with E-state index < -0.39 is 5.97 Å². The standard InChI is InChI=1S/C14H12ClN3O2/c1-9-4-5-11(12(15)7-9)14(19)20-18-13(16)10-3-2-6-17-8-10/h2-8H,1H3,(H2,16,18). The molecule has 102 valence electrons. The molecule has 0 aliphatic heterocycles. The maximum absolute atomic E-state index is 11.8. The van der Waals surface area contributed by atoms with Gasteiger partial charge in [0.2, 0.25) is 0 Å². The van der Waals surface area contributed by atoms with Crippen molar-refractivity contribution in [1.29, 1.82) is 0 Å². The summed E-state index contributed by atoms with van der Waals surface area (Å²) in [5.41, 5.74) is 7.43. The SMILES string of the molecule is Cc1ccc(C(=O)O/N=C(/N)c2cccnc2)c(Cl)c1. The molecule has 0 aliphatic rings. The molecule has 0 atom stereocenters. The molecule has 0 aliphatic carbocycles. The number of pyridine rings is 1. The van der Waals surface area contributed by atoms with E-state index in [9.17, 15) is 4.79 Å². The molecule has 0 spiro atoms. The third-order valence-corrected chi connectivity index (χ3v) is 2.84. The van der Waals surface area contributed by atoms with Gasteiger partial charge in [0.15, 0.2) is 5.84 Å². The molecule has 0 saturated carbocycles. The molecule has 1 aromatic carbocycles. The van der Waals surface area contributed by atoms with E-state index in [0.29, 0.717) is 10.6 Å². The minimum absolute atomic E-state index is 0.0645. The fourth-order valence-corrected chi connectivity index (χ4v) is 1.80. The number of carbonyl (C=O) groups excluding carboxylic acids is 1. The van der Waals surface area contributed by atoms with Gasteiger partial charge in [0.05, 0.1) is 10.6 Å². The first-order valence-corrected chi connectivity index (χ1v) is 6.17. The number of oxime groups is 1. The Hall–Kier alpha value is -2.40. The zero-order valence-corrected chi connectivity index (χ0v) is 11.5. The molecule has 0 fully saturated rings. The van der Waals surface area contributed by atoms with Gasteiger partial charge in [0.25, 0.3) is 0 Å². The molecule has 20 heavy (non-hydrogen) atoms. The van der Waals surface area contributed by atoms with Crippen LogP contribution in [-0.2, 0) is 4.84 Å². The van der Waals surface area contributed by atoms with E-state index >= 15 is 0 Å². The van der Waals surface area contributed by atoms with Crippen LogP contribution in [-0.4, -0.2) is 16.8 Å². The van der Waals surface area contributed by atoms with Gasteiger partial charge in [-0.05, 0) is 36.8 Å². The van der Waals surface area contributed by atoms with E-state index in [-0.39, 0.29) is 11.4 Å².